The maximum absolute atomic E-state index is 5.89. The molecule has 2 heteroatoms. The zero-order chi connectivity index (χ0) is 15.0. The monoisotopic (exact) mass is 295 g/mol. The molecule has 22 heavy (non-hydrogen) atoms. The third-order valence-corrected chi connectivity index (χ3v) is 4.50. The molecule has 0 unspecified atom stereocenters. The van der Waals surface area contributed by atoms with Gasteiger partial charge in [-0.3, -0.25) is 0 Å². The van der Waals surface area contributed by atoms with E-state index in [0.29, 0.717) is 5.92 Å². The Bertz CT molecular complexity index is 481. The summed E-state index contributed by atoms with van der Waals surface area (Å²) in [5, 5.41) is 0. The Labute approximate surface area is 133 Å². The lowest BCUT2D eigenvalue weighted by Gasteiger charge is -2.31. The molecular formula is C20H25NO. The fourth-order valence-electron chi connectivity index (χ4n) is 3.04. The van der Waals surface area contributed by atoms with E-state index >= 15 is 0 Å². The minimum absolute atomic E-state index is 0.702. The fourth-order valence-corrected chi connectivity index (χ4v) is 3.04. The highest BCUT2D eigenvalue weighted by atomic mass is 16.5. The van der Waals surface area contributed by atoms with Gasteiger partial charge in [0.1, 0.15) is 5.75 Å². The van der Waals surface area contributed by atoms with E-state index in [0.717, 1.165) is 18.8 Å². The minimum Gasteiger partial charge on any atom is -0.493 e. The average molecular weight is 295 g/mol. The number of rotatable bonds is 6. The van der Waals surface area contributed by atoms with Gasteiger partial charge in [-0.15, -0.1) is 0 Å². The molecular weight excluding hydrogens is 270 g/mol. The largest absolute Gasteiger partial charge is 0.493 e. The van der Waals surface area contributed by atoms with Crippen molar-refractivity contribution in [2.24, 2.45) is 5.92 Å². The molecule has 1 aliphatic rings. The van der Waals surface area contributed by atoms with Gasteiger partial charge >= 0.3 is 0 Å². The van der Waals surface area contributed by atoms with Gasteiger partial charge in [-0.05, 0) is 56.0 Å². The zero-order valence-corrected chi connectivity index (χ0v) is 13.2. The molecule has 1 fully saturated rings. The van der Waals surface area contributed by atoms with Crippen molar-refractivity contribution >= 4 is 0 Å². The minimum atomic E-state index is 0.702. The van der Waals surface area contributed by atoms with E-state index in [4.69, 9.17) is 4.74 Å². The Morgan fingerprint density at radius 1 is 0.864 bits per heavy atom. The van der Waals surface area contributed by atoms with Crippen LogP contribution in [0.5, 0.6) is 5.75 Å². The van der Waals surface area contributed by atoms with Crippen LogP contribution in [0.4, 0.5) is 0 Å². The molecule has 0 spiro atoms. The molecule has 116 valence electrons. The first kappa shape index (κ1) is 15.1. The number of likely N-dealkylation sites (tertiary alicyclic amines) is 1. The van der Waals surface area contributed by atoms with E-state index in [2.05, 4.69) is 35.2 Å². The maximum Gasteiger partial charge on any atom is 0.119 e. The van der Waals surface area contributed by atoms with Crippen molar-refractivity contribution in [1.82, 2.24) is 4.90 Å². The number of nitrogens with zero attached hydrogens (tertiary/aromatic N) is 1. The van der Waals surface area contributed by atoms with Gasteiger partial charge in [0, 0.05) is 6.54 Å². The van der Waals surface area contributed by atoms with Crippen LogP contribution in [0.3, 0.4) is 0 Å². The van der Waals surface area contributed by atoms with Crippen LogP contribution >= 0.6 is 0 Å². The van der Waals surface area contributed by atoms with E-state index < -0.39 is 0 Å². The van der Waals surface area contributed by atoms with Crippen LogP contribution < -0.4 is 4.74 Å². The van der Waals surface area contributed by atoms with Gasteiger partial charge in [-0.1, -0.05) is 48.5 Å². The molecule has 1 aliphatic heterocycles. The Morgan fingerprint density at radius 2 is 1.50 bits per heavy atom. The molecule has 0 radical (unpaired) electrons. The van der Waals surface area contributed by atoms with Crippen LogP contribution in [0.2, 0.25) is 0 Å². The van der Waals surface area contributed by atoms with Crippen molar-refractivity contribution in [1.29, 1.82) is 0 Å². The predicted octanol–water partition coefficient (Wildman–Crippen LogP) is 4.02. The van der Waals surface area contributed by atoms with Crippen molar-refractivity contribution in [2.75, 3.05) is 26.2 Å². The highest BCUT2D eigenvalue weighted by Gasteiger charge is 2.19. The van der Waals surface area contributed by atoms with Gasteiger partial charge in [-0.25, -0.2) is 0 Å². The summed E-state index contributed by atoms with van der Waals surface area (Å²) in [6.45, 7) is 4.44. The van der Waals surface area contributed by atoms with Gasteiger partial charge in [0.05, 0.1) is 6.61 Å². The molecule has 0 saturated carbocycles. The quantitative estimate of drug-likeness (QED) is 0.798. The summed E-state index contributed by atoms with van der Waals surface area (Å²) in [6.07, 6.45) is 3.66. The average Bonchev–Trinajstić information content (AvgIpc) is 2.61. The van der Waals surface area contributed by atoms with Gasteiger partial charge in [0.2, 0.25) is 0 Å². The molecule has 1 saturated heterocycles. The standard InChI is InChI=1S/C20H25NO/c1-3-7-18(8-4-1)11-14-21-15-12-19(13-16-21)17-22-20-9-5-2-6-10-20/h1-10,19H,11-17H2. The summed E-state index contributed by atoms with van der Waals surface area (Å²) in [5.41, 5.74) is 1.44. The lowest BCUT2D eigenvalue weighted by atomic mass is 9.97. The first-order valence-corrected chi connectivity index (χ1v) is 8.34. The highest BCUT2D eigenvalue weighted by molar-refractivity contribution is 5.20. The first-order chi connectivity index (χ1) is 10.9. The summed E-state index contributed by atoms with van der Waals surface area (Å²) in [7, 11) is 0. The lowest BCUT2D eigenvalue weighted by Crippen LogP contribution is -2.36. The molecule has 3 rings (SSSR count). The number of hydrogen-bond acceptors (Lipinski definition) is 2. The van der Waals surface area contributed by atoms with Crippen LogP contribution in [0.1, 0.15) is 18.4 Å². The van der Waals surface area contributed by atoms with Crippen molar-refractivity contribution in [3.63, 3.8) is 0 Å². The molecule has 0 N–H and O–H groups in total. The van der Waals surface area contributed by atoms with E-state index in [-0.39, 0.29) is 0 Å². The second-order valence-corrected chi connectivity index (χ2v) is 6.14. The molecule has 0 amide bonds. The van der Waals surface area contributed by atoms with Gasteiger partial charge in [0.15, 0.2) is 0 Å². The zero-order valence-electron chi connectivity index (χ0n) is 13.2. The Kier molecular flexibility index (Phi) is 5.49. The van der Waals surface area contributed by atoms with Crippen molar-refractivity contribution < 1.29 is 4.74 Å². The van der Waals surface area contributed by atoms with Gasteiger partial charge < -0.3 is 9.64 Å². The van der Waals surface area contributed by atoms with E-state index in [1.165, 1.54) is 38.0 Å². The van der Waals surface area contributed by atoms with Crippen molar-refractivity contribution in [3.8, 4) is 5.75 Å². The van der Waals surface area contributed by atoms with Crippen LogP contribution in [0.15, 0.2) is 60.7 Å². The van der Waals surface area contributed by atoms with Crippen LogP contribution in [0, 0.1) is 5.92 Å². The Balaban J connectivity index is 1.35. The SMILES string of the molecule is c1ccc(CCN2CCC(COc3ccccc3)CC2)cc1. The van der Waals surface area contributed by atoms with E-state index in [1.54, 1.807) is 0 Å². The second kappa shape index (κ2) is 8.00. The third kappa shape index (κ3) is 4.60. The molecule has 1 heterocycles. The van der Waals surface area contributed by atoms with Crippen LogP contribution in [-0.2, 0) is 6.42 Å². The third-order valence-electron chi connectivity index (χ3n) is 4.50. The van der Waals surface area contributed by atoms with Crippen LogP contribution in [-0.4, -0.2) is 31.1 Å². The molecule has 0 aromatic heterocycles. The summed E-state index contributed by atoms with van der Waals surface area (Å²) >= 11 is 0. The topological polar surface area (TPSA) is 12.5 Å². The van der Waals surface area contributed by atoms with E-state index in [1.807, 2.05) is 30.3 Å². The molecule has 0 bridgehead atoms. The van der Waals surface area contributed by atoms with Crippen LogP contribution in [0.25, 0.3) is 0 Å². The summed E-state index contributed by atoms with van der Waals surface area (Å²) in [5.74, 6) is 1.70. The lowest BCUT2D eigenvalue weighted by molar-refractivity contribution is 0.142. The number of para-hydroxylation sites is 1. The maximum atomic E-state index is 5.89. The predicted molar refractivity (Wildman–Crippen MR) is 91.2 cm³/mol. The van der Waals surface area contributed by atoms with Gasteiger partial charge in [0.25, 0.3) is 0 Å². The van der Waals surface area contributed by atoms with Crippen molar-refractivity contribution in [2.45, 2.75) is 19.3 Å². The summed E-state index contributed by atoms with van der Waals surface area (Å²) in [4.78, 5) is 2.59. The second-order valence-electron chi connectivity index (χ2n) is 6.14. The Hall–Kier alpha value is -1.80. The smallest absolute Gasteiger partial charge is 0.119 e. The molecule has 2 aromatic carbocycles. The first-order valence-electron chi connectivity index (χ1n) is 8.34. The summed E-state index contributed by atoms with van der Waals surface area (Å²) in [6, 6.07) is 20.9. The molecule has 0 atom stereocenters. The normalized spacial score (nSPS) is 16.5. The summed E-state index contributed by atoms with van der Waals surface area (Å²) < 4.78 is 5.89. The molecule has 2 aromatic rings. The van der Waals surface area contributed by atoms with E-state index in [9.17, 15) is 0 Å². The number of ether oxygens (including phenoxy) is 1. The number of benzene rings is 2. The van der Waals surface area contributed by atoms with Gasteiger partial charge in [-0.2, -0.15) is 0 Å². The highest BCUT2D eigenvalue weighted by Crippen LogP contribution is 2.19. The number of piperidine rings is 1. The van der Waals surface area contributed by atoms with Crippen molar-refractivity contribution in [3.05, 3.63) is 66.2 Å². The fraction of sp³-hybridized carbons (Fsp3) is 0.400. The number of hydrogen-bond donors (Lipinski definition) is 0. The Morgan fingerprint density at radius 3 is 2.18 bits per heavy atom. The molecule has 2 nitrogen and oxygen atoms in total. The molecule has 0 aliphatic carbocycles.